The molecular formula is C26H20N6O2S. The number of thiophene rings is 1. The maximum atomic E-state index is 13.1. The van der Waals surface area contributed by atoms with E-state index >= 15 is 0 Å². The van der Waals surface area contributed by atoms with E-state index in [4.69, 9.17) is 4.52 Å². The van der Waals surface area contributed by atoms with Crippen LogP contribution in [0.3, 0.4) is 0 Å². The molecule has 1 aliphatic rings. The third-order valence-electron chi connectivity index (χ3n) is 6.36. The van der Waals surface area contributed by atoms with Crippen LogP contribution in [-0.2, 0) is 12.8 Å². The predicted octanol–water partition coefficient (Wildman–Crippen LogP) is 5.45. The molecule has 172 valence electrons. The number of rotatable bonds is 4. The van der Waals surface area contributed by atoms with Crippen LogP contribution in [0.4, 0.5) is 5.00 Å². The van der Waals surface area contributed by atoms with Crippen molar-refractivity contribution in [3.63, 3.8) is 0 Å². The van der Waals surface area contributed by atoms with Crippen LogP contribution in [0, 0.1) is 18.3 Å². The van der Waals surface area contributed by atoms with Gasteiger partial charge < -0.3 is 9.84 Å². The van der Waals surface area contributed by atoms with Gasteiger partial charge in [0.25, 0.3) is 5.91 Å². The first kappa shape index (κ1) is 21.3. The summed E-state index contributed by atoms with van der Waals surface area (Å²) in [5.74, 6) is 0.295. The number of benzene rings is 2. The van der Waals surface area contributed by atoms with Gasteiger partial charge in [0.05, 0.1) is 22.3 Å². The molecular weight excluding hydrogens is 460 g/mol. The minimum atomic E-state index is -0.375. The molecule has 0 saturated heterocycles. The van der Waals surface area contributed by atoms with E-state index in [-0.39, 0.29) is 11.6 Å². The number of hydrogen-bond acceptors (Lipinski definition) is 7. The molecule has 1 amide bonds. The zero-order valence-corrected chi connectivity index (χ0v) is 19.7. The number of hydrogen-bond donors (Lipinski definition) is 1. The molecule has 0 spiro atoms. The highest BCUT2D eigenvalue weighted by Crippen LogP contribution is 2.38. The fourth-order valence-electron chi connectivity index (χ4n) is 4.58. The van der Waals surface area contributed by atoms with Gasteiger partial charge >= 0.3 is 0 Å². The number of carbonyl (C=O) groups is 1. The highest BCUT2D eigenvalue weighted by molar-refractivity contribution is 7.16. The first-order valence-corrected chi connectivity index (χ1v) is 12.2. The molecule has 0 aliphatic heterocycles. The molecule has 1 N–H and O–H groups in total. The van der Waals surface area contributed by atoms with Crippen molar-refractivity contribution in [3.8, 4) is 23.1 Å². The van der Waals surface area contributed by atoms with Crippen LogP contribution >= 0.6 is 11.3 Å². The van der Waals surface area contributed by atoms with E-state index in [0.717, 1.165) is 53.4 Å². The van der Waals surface area contributed by atoms with E-state index in [0.29, 0.717) is 22.0 Å². The zero-order chi connectivity index (χ0) is 23.9. The summed E-state index contributed by atoms with van der Waals surface area (Å²) in [7, 11) is 0. The third-order valence-corrected chi connectivity index (χ3v) is 7.57. The Morgan fingerprint density at radius 1 is 1.17 bits per heavy atom. The summed E-state index contributed by atoms with van der Waals surface area (Å²) >= 11 is 1.49. The van der Waals surface area contributed by atoms with Gasteiger partial charge in [0.2, 0.25) is 0 Å². The standard InChI is InChI=1S/C26H20N6O2S/c1-15-23(25(33)28-26-20(14-27)18-9-5-6-10-22(18)35-26)29-31-32(15)17-11-12-21-19(13-17)24(34-30-21)16-7-3-2-4-8-16/h2-4,7-8,11-13H,5-6,9-10H2,1H3,(H,28,33). The number of amides is 1. The molecule has 8 nitrogen and oxygen atoms in total. The summed E-state index contributed by atoms with van der Waals surface area (Å²) in [6, 6.07) is 17.7. The van der Waals surface area contributed by atoms with Crippen LogP contribution in [0.15, 0.2) is 53.1 Å². The lowest BCUT2D eigenvalue weighted by molar-refractivity contribution is 0.102. The number of nitrogens with zero attached hydrogens (tertiary/aromatic N) is 5. The van der Waals surface area contributed by atoms with Crippen molar-refractivity contribution in [1.29, 1.82) is 5.26 Å². The van der Waals surface area contributed by atoms with Gasteiger partial charge in [0, 0.05) is 10.4 Å². The van der Waals surface area contributed by atoms with Gasteiger partial charge in [-0.2, -0.15) is 5.26 Å². The Kier molecular flexibility index (Phi) is 5.16. The molecule has 0 fully saturated rings. The third kappa shape index (κ3) is 3.59. The first-order chi connectivity index (χ1) is 17.1. The van der Waals surface area contributed by atoms with Gasteiger partial charge in [0.1, 0.15) is 16.6 Å². The lowest BCUT2D eigenvalue weighted by Gasteiger charge is -2.09. The smallest absolute Gasteiger partial charge is 0.278 e. The maximum Gasteiger partial charge on any atom is 0.278 e. The van der Waals surface area contributed by atoms with Crippen molar-refractivity contribution in [2.75, 3.05) is 5.32 Å². The normalized spacial score (nSPS) is 12.9. The number of nitriles is 1. The number of carbonyl (C=O) groups excluding carboxylic acids is 1. The summed E-state index contributed by atoms with van der Waals surface area (Å²) in [6.07, 6.45) is 4.02. The second-order valence-corrected chi connectivity index (χ2v) is 9.60. The Morgan fingerprint density at radius 2 is 2.00 bits per heavy atom. The molecule has 9 heteroatoms. The molecule has 0 unspecified atom stereocenters. The van der Waals surface area contributed by atoms with Gasteiger partial charge in [-0.3, -0.25) is 4.79 Å². The summed E-state index contributed by atoms with van der Waals surface area (Å²) < 4.78 is 7.23. The van der Waals surface area contributed by atoms with Crippen molar-refractivity contribution < 1.29 is 9.32 Å². The van der Waals surface area contributed by atoms with Crippen LogP contribution in [0.1, 0.15) is 45.0 Å². The number of anilines is 1. The lowest BCUT2D eigenvalue weighted by atomic mass is 9.96. The second kappa shape index (κ2) is 8.49. The molecule has 3 heterocycles. The predicted molar refractivity (Wildman–Crippen MR) is 133 cm³/mol. The molecule has 0 saturated carbocycles. The van der Waals surface area contributed by atoms with Crippen molar-refractivity contribution >= 4 is 33.1 Å². The van der Waals surface area contributed by atoms with E-state index in [1.165, 1.54) is 16.2 Å². The number of fused-ring (bicyclic) bond motifs is 2. The summed E-state index contributed by atoms with van der Waals surface area (Å²) in [5, 5.41) is 26.6. The number of nitrogens with one attached hydrogen (secondary N) is 1. The van der Waals surface area contributed by atoms with Crippen LogP contribution < -0.4 is 5.32 Å². The van der Waals surface area contributed by atoms with Crippen molar-refractivity contribution in [2.45, 2.75) is 32.6 Å². The van der Waals surface area contributed by atoms with Gasteiger partial charge in [0.15, 0.2) is 11.5 Å². The van der Waals surface area contributed by atoms with Crippen LogP contribution in [0.2, 0.25) is 0 Å². The number of aromatic nitrogens is 4. The minimum Gasteiger partial charge on any atom is -0.355 e. The van der Waals surface area contributed by atoms with E-state index in [1.54, 1.807) is 11.6 Å². The van der Waals surface area contributed by atoms with E-state index in [9.17, 15) is 10.1 Å². The van der Waals surface area contributed by atoms with E-state index in [2.05, 4.69) is 26.9 Å². The SMILES string of the molecule is Cc1c(C(=O)Nc2sc3c(c2C#N)CCCC3)nnn1-c1ccc2noc(-c3ccccc3)c2c1. The van der Waals surface area contributed by atoms with Crippen LogP contribution in [-0.4, -0.2) is 26.1 Å². The summed E-state index contributed by atoms with van der Waals surface area (Å²) in [4.78, 5) is 14.3. The molecule has 2 aromatic carbocycles. The quantitative estimate of drug-likeness (QED) is 0.366. The second-order valence-electron chi connectivity index (χ2n) is 8.50. The Hall–Kier alpha value is -4.29. The molecule has 35 heavy (non-hydrogen) atoms. The lowest BCUT2D eigenvalue weighted by Crippen LogP contribution is -2.14. The van der Waals surface area contributed by atoms with Crippen molar-refractivity contribution in [1.82, 2.24) is 20.2 Å². The molecule has 0 bridgehead atoms. The zero-order valence-electron chi connectivity index (χ0n) is 18.9. The van der Waals surface area contributed by atoms with Gasteiger partial charge in [-0.05, 0) is 56.4 Å². The minimum absolute atomic E-state index is 0.217. The number of aryl methyl sites for hydroxylation is 1. The molecule has 0 atom stereocenters. The summed E-state index contributed by atoms with van der Waals surface area (Å²) in [6.45, 7) is 1.80. The Morgan fingerprint density at radius 3 is 2.83 bits per heavy atom. The van der Waals surface area contributed by atoms with Crippen LogP contribution in [0.5, 0.6) is 0 Å². The maximum absolute atomic E-state index is 13.1. The average molecular weight is 481 g/mol. The fourth-order valence-corrected chi connectivity index (χ4v) is 5.81. The fraction of sp³-hybridized carbons (Fsp3) is 0.192. The molecule has 6 rings (SSSR count). The molecule has 1 aliphatic carbocycles. The topological polar surface area (TPSA) is 110 Å². The average Bonchev–Trinajstić information content (AvgIpc) is 3.58. The molecule has 5 aromatic rings. The molecule has 3 aromatic heterocycles. The first-order valence-electron chi connectivity index (χ1n) is 11.4. The summed E-state index contributed by atoms with van der Waals surface area (Å²) in [5.41, 5.74) is 4.87. The monoisotopic (exact) mass is 480 g/mol. The van der Waals surface area contributed by atoms with Gasteiger partial charge in [-0.25, -0.2) is 4.68 Å². The van der Waals surface area contributed by atoms with E-state index < -0.39 is 0 Å². The van der Waals surface area contributed by atoms with E-state index in [1.807, 2.05) is 48.5 Å². The van der Waals surface area contributed by atoms with Gasteiger partial charge in [-0.15, -0.1) is 16.4 Å². The molecule has 0 radical (unpaired) electrons. The highest BCUT2D eigenvalue weighted by Gasteiger charge is 2.24. The highest BCUT2D eigenvalue weighted by atomic mass is 32.1. The Labute approximate surface area is 204 Å². The Balaban J connectivity index is 1.33. The van der Waals surface area contributed by atoms with Gasteiger partial charge in [-0.1, -0.05) is 40.7 Å². The van der Waals surface area contributed by atoms with Crippen LogP contribution in [0.25, 0.3) is 27.9 Å². The van der Waals surface area contributed by atoms with Crippen molar-refractivity contribution in [3.05, 3.63) is 75.9 Å². The van der Waals surface area contributed by atoms with Crippen molar-refractivity contribution in [2.24, 2.45) is 0 Å². The Bertz CT molecular complexity index is 1620. The largest absolute Gasteiger partial charge is 0.355 e.